The summed E-state index contributed by atoms with van der Waals surface area (Å²) in [6.07, 6.45) is -3.87. The molecule has 1 aliphatic carbocycles. The Bertz CT molecular complexity index is 738. The van der Waals surface area contributed by atoms with Gasteiger partial charge in [-0.1, -0.05) is 18.2 Å². The molecule has 0 aromatic heterocycles. The van der Waals surface area contributed by atoms with Crippen molar-refractivity contribution in [3.8, 4) is 5.75 Å². The van der Waals surface area contributed by atoms with Gasteiger partial charge >= 0.3 is 0 Å². The van der Waals surface area contributed by atoms with Gasteiger partial charge in [0.05, 0.1) is 26.6 Å². The van der Waals surface area contributed by atoms with Gasteiger partial charge < -0.3 is 18.9 Å². The maximum atomic E-state index is 12.7. The molecule has 1 unspecified atom stereocenters. The zero-order valence-electron chi connectivity index (χ0n) is 16.9. The lowest BCUT2D eigenvalue weighted by molar-refractivity contribution is -0.142. The highest BCUT2D eigenvalue weighted by molar-refractivity contribution is 5.85. The van der Waals surface area contributed by atoms with E-state index in [0.29, 0.717) is 19.6 Å². The molecule has 1 aromatic rings. The Hall–Kier alpha value is -1.43. The molecule has 0 bridgehead atoms. The van der Waals surface area contributed by atoms with E-state index in [0.717, 1.165) is 5.75 Å². The lowest BCUT2D eigenvalue weighted by Gasteiger charge is -2.37. The Balaban J connectivity index is 1.49. The summed E-state index contributed by atoms with van der Waals surface area (Å²) < 4.78 is 47.3. The van der Waals surface area contributed by atoms with Gasteiger partial charge in [-0.15, -0.1) is 0 Å². The van der Waals surface area contributed by atoms with Crippen molar-refractivity contribution in [2.45, 2.75) is 49.5 Å². The Morgan fingerprint density at radius 2 is 2.17 bits per heavy atom. The highest BCUT2D eigenvalue weighted by Gasteiger charge is 2.71. The van der Waals surface area contributed by atoms with Crippen molar-refractivity contribution in [1.29, 1.82) is 0 Å². The minimum absolute atomic E-state index is 0.0698. The van der Waals surface area contributed by atoms with Crippen LogP contribution in [0.4, 0.5) is 0 Å². The molecule has 0 radical (unpaired) electrons. The summed E-state index contributed by atoms with van der Waals surface area (Å²) in [4.78, 5) is 12.7. The van der Waals surface area contributed by atoms with E-state index in [1.807, 2.05) is 37.3 Å². The summed E-state index contributed by atoms with van der Waals surface area (Å²) in [5, 5.41) is 0. The highest BCUT2D eigenvalue weighted by atomic mass is 16.6. The highest BCUT2D eigenvalue weighted by Crippen LogP contribution is 2.58. The molecular weight excluding hydrogens is 308 g/mol. The maximum absolute atomic E-state index is 12.7. The van der Waals surface area contributed by atoms with Gasteiger partial charge in [-0.05, 0) is 25.5 Å². The van der Waals surface area contributed by atoms with Crippen molar-refractivity contribution in [2.24, 2.45) is 5.92 Å². The van der Waals surface area contributed by atoms with E-state index in [-0.39, 0.29) is 12.5 Å². The molecule has 1 saturated carbocycles. The lowest BCUT2D eigenvalue weighted by atomic mass is 9.69. The molecule has 5 atom stereocenters. The number of methoxy groups -OCH3 is 1. The van der Waals surface area contributed by atoms with Crippen LogP contribution in [0, 0.1) is 5.92 Å². The van der Waals surface area contributed by atoms with E-state index >= 15 is 0 Å². The number of para-hydroxylation sites is 1. The van der Waals surface area contributed by atoms with Crippen molar-refractivity contribution in [3.05, 3.63) is 30.3 Å². The molecule has 2 saturated heterocycles. The Morgan fingerprint density at radius 1 is 1.42 bits per heavy atom. The molecular formula is C19H24O5. The number of rotatable bonds is 6. The number of benzene rings is 1. The van der Waals surface area contributed by atoms with Crippen molar-refractivity contribution < 1.29 is 27.9 Å². The van der Waals surface area contributed by atoms with Gasteiger partial charge in [-0.3, -0.25) is 4.79 Å². The Kier molecular flexibility index (Phi) is 3.12. The average molecular weight is 335 g/mol. The van der Waals surface area contributed by atoms with Crippen LogP contribution in [0.15, 0.2) is 30.3 Å². The predicted octanol–water partition coefficient (Wildman–Crippen LogP) is 2.38. The third-order valence-corrected chi connectivity index (χ3v) is 5.24. The summed E-state index contributed by atoms with van der Waals surface area (Å²) in [5.74, 6) is -0.783. The molecule has 130 valence electrons. The SMILES string of the molecule is [2H]C1([2H])C[C@]2(CO2)[C@@H](C2(C)O[C@@H]2CCOc2ccccc2)[C@]([2H])(OC)C1=O. The molecule has 0 N–H and O–H groups in total. The fraction of sp³-hybridized carbons (Fsp3) is 0.632. The first-order chi connectivity index (χ1) is 12.7. The fourth-order valence-corrected chi connectivity index (χ4v) is 3.82. The van der Waals surface area contributed by atoms with Crippen LogP contribution in [0.5, 0.6) is 5.75 Å². The second-order valence-corrected chi connectivity index (χ2v) is 6.78. The third kappa shape index (κ3) is 2.65. The third-order valence-electron chi connectivity index (χ3n) is 5.24. The van der Waals surface area contributed by atoms with Gasteiger partial charge in [0, 0.05) is 22.6 Å². The van der Waals surface area contributed by atoms with E-state index in [9.17, 15) is 4.79 Å². The second kappa shape index (κ2) is 5.83. The van der Waals surface area contributed by atoms with Gasteiger partial charge in [0.1, 0.15) is 23.0 Å². The molecule has 5 heteroatoms. The number of hydrogen-bond donors (Lipinski definition) is 0. The van der Waals surface area contributed by atoms with Crippen LogP contribution in [0.2, 0.25) is 0 Å². The van der Waals surface area contributed by atoms with Crippen LogP contribution in [0.25, 0.3) is 0 Å². The van der Waals surface area contributed by atoms with Crippen LogP contribution in [-0.2, 0) is 19.0 Å². The number of hydrogen-bond acceptors (Lipinski definition) is 5. The molecule has 2 aliphatic heterocycles. The van der Waals surface area contributed by atoms with Gasteiger partial charge in [-0.25, -0.2) is 0 Å². The Labute approximate surface area is 146 Å². The zero-order valence-corrected chi connectivity index (χ0v) is 13.9. The first kappa shape index (κ1) is 12.9. The number of ether oxygens (including phenoxy) is 4. The minimum atomic E-state index is -2.15. The molecule has 4 rings (SSSR count). The molecule has 24 heavy (non-hydrogen) atoms. The molecule has 3 aliphatic rings. The lowest BCUT2D eigenvalue weighted by Crippen LogP contribution is -2.53. The summed E-state index contributed by atoms with van der Waals surface area (Å²) in [5.41, 5.74) is -1.68. The van der Waals surface area contributed by atoms with E-state index in [1.165, 1.54) is 7.11 Å². The largest absolute Gasteiger partial charge is 0.493 e. The number of carbonyl (C=O) groups excluding carboxylic acids is 1. The van der Waals surface area contributed by atoms with Crippen molar-refractivity contribution in [1.82, 2.24) is 0 Å². The summed E-state index contributed by atoms with van der Waals surface area (Å²) in [6.45, 7) is 2.60. The van der Waals surface area contributed by atoms with E-state index in [1.54, 1.807) is 0 Å². The standard InChI is InChI=1S/C19H24O5/c1-18(15(24-18)9-11-22-13-6-4-3-5-7-13)17-16(21-2)14(20)8-10-19(17)12-23-19/h3-7,15-17H,8-12H2,1-2H3/t15-,16-,17-,18?,19+/m1/s1/i8D2,16D. The number of epoxide rings is 2. The Morgan fingerprint density at radius 3 is 2.83 bits per heavy atom. The smallest absolute Gasteiger partial charge is 0.162 e. The monoisotopic (exact) mass is 335 g/mol. The van der Waals surface area contributed by atoms with E-state index < -0.39 is 35.4 Å². The average Bonchev–Trinajstić information content (AvgIpc) is 3.52. The first-order valence-electron chi connectivity index (χ1n) is 9.78. The van der Waals surface area contributed by atoms with Gasteiger partial charge in [0.2, 0.25) is 0 Å². The van der Waals surface area contributed by atoms with Crippen LogP contribution in [0.1, 0.15) is 30.3 Å². The molecule has 3 fully saturated rings. The number of ketones is 1. The second-order valence-electron chi connectivity index (χ2n) is 6.78. The van der Waals surface area contributed by atoms with Gasteiger partial charge in [-0.2, -0.15) is 0 Å². The molecule has 1 aromatic carbocycles. The summed E-state index contributed by atoms with van der Waals surface area (Å²) in [6, 6.07) is 9.47. The minimum Gasteiger partial charge on any atom is -0.493 e. The predicted molar refractivity (Wildman–Crippen MR) is 87.0 cm³/mol. The molecule has 1 spiro atoms. The number of Topliss-reactive ketones (excluding diaryl/α,β-unsaturated/α-hetero) is 1. The first-order valence-corrected chi connectivity index (χ1v) is 8.28. The molecule has 5 nitrogen and oxygen atoms in total. The fourth-order valence-electron chi connectivity index (χ4n) is 3.82. The van der Waals surface area contributed by atoms with E-state index in [4.69, 9.17) is 23.1 Å². The van der Waals surface area contributed by atoms with Crippen molar-refractivity contribution >= 4 is 5.78 Å². The van der Waals surface area contributed by atoms with Crippen LogP contribution in [-0.4, -0.2) is 49.5 Å². The number of carbonyl (C=O) groups is 1. The van der Waals surface area contributed by atoms with Gasteiger partial charge in [0.25, 0.3) is 0 Å². The van der Waals surface area contributed by atoms with Crippen LogP contribution in [0.3, 0.4) is 0 Å². The van der Waals surface area contributed by atoms with Gasteiger partial charge in [0.15, 0.2) is 5.78 Å². The van der Waals surface area contributed by atoms with E-state index in [2.05, 4.69) is 0 Å². The summed E-state index contributed by atoms with van der Waals surface area (Å²) >= 11 is 0. The van der Waals surface area contributed by atoms with Crippen LogP contribution >= 0.6 is 0 Å². The quantitative estimate of drug-likeness (QED) is 0.747. The van der Waals surface area contributed by atoms with Crippen LogP contribution < -0.4 is 4.74 Å². The summed E-state index contributed by atoms with van der Waals surface area (Å²) in [7, 11) is 1.27. The zero-order chi connectivity index (χ0) is 19.5. The molecule has 0 amide bonds. The van der Waals surface area contributed by atoms with Crippen molar-refractivity contribution in [3.63, 3.8) is 0 Å². The normalized spacial score (nSPS) is 47.6. The molecule has 2 heterocycles. The topological polar surface area (TPSA) is 60.6 Å². The maximum Gasteiger partial charge on any atom is 0.162 e. The van der Waals surface area contributed by atoms with Crippen molar-refractivity contribution in [2.75, 3.05) is 20.3 Å².